The topological polar surface area (TPSA) is 57.5 Å². The number of aromatic nitrogens is 1. The largest absolute Gasteiger partial charge is 0.497 e. The van der Waals surface area contributed by atoms with Crippen molar-refractivity contribution in [1.82, 2.24) is 4.57 Å². The molecule has 36 heavy (non-hydrogen) atoms. The first-order valence-electron chi connectivity index (χ1n) is 11.6. The Hall–Kier alpha value is -4.09. The summed E-state index contributed by atoms with van der Waals surface area (Å²) in [5.74, 6) is -0.350. The van der Waals surface area contributed by atoms with Crippen LogP contribution in [0.1, 0.15) is 34.3 Å². The van der Waals surface area contributed by atoms with Crippen molar-refractivity contribution in [1.29, 1.82) is 0 Å². The Morgan fingerprint density at radius 2 is 1.61 bits per heavy atom. The Morgan fingerprint density at radius 3 is 2.33 bits per heavy atom. The van der Waals surface area contributed by atoms with E-state index >= 15 is 0 Å². The van der Waals surface area contributed by atoms with Crippen LogP contribution in [-0.2, 0) is 16.1 Å². The number of halogens is 1. The quantitative estimate of drug-likeness (QED) is 0.237. The van der Waals surface area contributed by atoms with Crippen molar-refractivity contribution in [3.05, 3.63) is 113 Å². The van der Waals surface area contributed by atoms with Gasteiger partial charge in [0.1, 0.15) is 12.4 Å². The molecule has 6 heteroatoms. The standard InChI is InChI=1S/C30H24ClNO4/c1-19(30(34)36-18-20-6-4-3-5-7-20)22-10-14-25-26-17-23(31)11-15-27(26)32(28(25)16-22)29(33)21-8-12-24(35-2)13-9-21/h3-17,19H,18H2,1-2H3. The van der Waals surface area contributed by atoms with Crippen LogP contribution >= 0.6 is 11.6 Å². The predicted molar refractivity (Wildman–Crippen MR) is 142 cm³/mol. The van der Waals surface area contributed by atoms with Crippen LogP contribution in [0, 0.1) is 0 Å². The van der Waals surface area contributed by atoms with E-state index in [0.717, 1.165) is 27.4 Å². The van der Waals surface area contributed by atoms with Crippen LogP contribution in [0.2, 0.25) is 5.02 Å². The molecule has 0 bridgehead atoms. The van der Waals surface area contributed by atoms with E-state index in [1.54, 1.807) is 42.0 Å². The number of nitrogens with zero attached hydrogens (tertiary/aromatic N) is 1. The number of esters is 1. The molecule has 0 spiro atoms. The van der Waals surface area contributed by atoms with Gasteiger partial charge in [-0.2, -0.15) is 0 Å². The summed E-state index contributed by atoms with van der Waals surface area (Å²) in [6.07, 6.45) is 0. The lowest BCUT2D eigenvalue weighted by Gasteiger charge is -2.13. The molecule has 0 fully saturated rings. The lowest BCUT2D eigenvalue weighted by Crippen LogP contribution is -2.14. The van der Waals surface area contributed by atoms with E-state index in [1.807, 2.05) is 67.6 Å². The summed E-state index contributed by atoms with van der Waals surface area (Å²) in [5.41, 5.74) is 3.65. The maximum Gasteiger partial charge on any atom is 0.313 e. The van der Waals surface area contributed by atoms with Crippen molar-refractivity contribution in [2.24, 2.45) is 0 Å². The van der Waals surface area contributed by atoms with Gasteiger partial charge in [0.2, 0.25) is 0 Å². The van der Waals surface area contributed by atoms with Gasteiger partial charge in [-0.05, 0) is 66.6 Å². The van der Waals surface area contributed by atoms with Gasteiger partial charge in [0.15, 0.2) is 0 Å². The number of hydrogen-bond donors (Lipinski definition) is 0. The third kappa shape index (κ3) is 4.45. The molecule has 1 unspecified atom stereocenters. The zero-order chi connectivity index (χ0) is 25.2. The van der Waals surface area contributed by atoms with Crippen LogP contribution in [-0.4, -0.2) is 23.6 Å². The molecule has 0 aliphatic rings. The fourth-order valence-corrected chi connectivity index (χ4v) is 4.52. The molecule has 4 aromatic carbocycles. The number of fused-ring (bicyclic) bond motifs is 3. The van der Waals surface area contributed by atoms with Gasteiger partial charge in [0.25, 0.3) is 5.91 Å². The van der Waals surface area contributed by atoms with Gasteiger partial charge in [-0.1, -0.05) is 54.1 Å². The second-order valence-corrected chi connectivity index (χ2v) is 9.06. The summed E-state index contributed by atoms with van der Waals surface area (Å²) in [6, 6.07) is 27.7. The second kappa shape index (κ2) is 9.88. The lowest BCUT2D eigenvalue weighted by molar-refractivity contribution is -0.146. The first kappa shape index (κ1) is 23.6. The van der Waals surface area contributed by atoms with Gasteiger partial charge in [-0.3, -0.25) is 14.2 Å². The van der Waals surface area contributed by atoms with Crippen LogP contribution in [0.4, 0.5) is 0 Å². The van der Waals surface area contributed by atoms with Crippen LogP contribution in [0.3, 0.4) is 0 Å². The van der Waals surface area contributed by atoms with E-state index in [0.29, 0.717) is 21.9 Å². The van der Waals surface area contributed by atoms with Crippen LogP contribution in [0.15, 0.2) is 91.0 Å². The minimum atomic E-state index is -0.510. The molecule has 5 nitrogen and oxygen atoms in total. The van der Waals surface area contributed by atoms with E-state index in [4.69, 9.17) is 21.1 Å². The number of carbonyl (C=O) groups excluding carboxylic acids is 2. The maximum atomic E-state index is 13.7. The fraction of sp³-hybridized carbons (Fsp3) is 0.133. The van der Waals surface area contributed by atoms with Crippen molar-refractivity contribution in [2.75, 3.05) is 7.11 Å². The lowest BCUT2D eigenvalue weighted by atomic mass is 9.99. The van der Waals surface area contributed by atoms with Crippen molar-refractivity contribution in [3.63, 3.8) is 0 Å². The van der Waals surface area contributed by atoms with E-state index in [1.165, 1.54) is 0 Å². The highest BCUT2D eigenvalue weighted by atomic mass is 35.5. The van der Waals surface area contributed by atoms with E-state index in [9.17, 15) is 9.59 Å². The van der Waals surface area contributed by atoms with Crippen LogP contribution < -0.4 is 4.74 Å². The van der Waals surface area contributed by atoms with Crippen molar-refractivity contribution in [2.45, 2.75) is 19.4 Å². The molecule has 0 N–H and O–H groups in total. The Morgan fingerprint density at radius 1 is 0.861 bits per heavy atom. The third-order valence-corrected chi connectivity index (χ3v) is 6.60. The predicted octanol–water partition coefficient (Wildman–Crippen LogP) is 6.99. The highest BCUT2D eigenvalue weighted by Crippen LogP contribution is 2.34. The molecule has 0 amide bonds. The van der Waals surface area contributed by atoms with E-state index in [-0.39, 0.29) is 18.5 Å². The molecule has 0 saturated heterocycles. The van der Waals surface area contributed by atoms with Gasteiger partial charge in [0.05, 0.1) is 24.1 Å². The molecule has 5 aromatic rings. The molecule has 1 heterocycles. The molecule has 1 aromatic heterocycles. The summed E-state index contributed by atoms with van der Waals surface area (Å²) < 4.78 is 12.5. The highest BCUT2D eigenvalue weighted by Gasteiger charge is 2.22. The van der Waals surface area contributed by atoms with Gasteiger partial charge < -0.3 is 9.47 Å². The SMILES string of the molecule is COc1ccc(C(=O)n2c3ccc(Cl)cc3c3ccc(C(C)C(=O)OCc4ccccc4)cc32)cc1. The summed E-state index contributed by atoms with van der Waals surface area (Å²) >= 11 is 6.30. The van der Waals surface area contributed by atoms with Gasteiger partial charge >= 0.3 is 5.97 Å². The number of benzene rings is 4. The number of methoxy groups -OCH3 is 1. The Kier molecular flexibility index (Phi) is 6.49. The van der Waals surface area contributed by atoms with Gasteiger partial charge in [-0.15, -0.1) is 0 Å². The Bertz CT molecular complexity index is 1570. The first-order valence-corrected chi connectivity index (χ1v) is 12.0. The average molecular weight is 498 g/mol. The van der Waals surface area contributed by atoms with Crippen molar-refractivity contribution in [3.8, 4) is 5.75 Å². The Balaban J connectivity index is 1.55. The first-order chi connectivity index (χ1) is 17.5. The molecule has 5 rings (SSSR count). The molecular formula is C30H24ClNO4. The fourth-order valence-electron chi connectivity index (χ4n) is 4.35. The van der Waals surface area contributed by atoms with Gasteiger partial charge in [0, 0.05) is 21.4 Å². The molecule has 0 aliphatic heterocycles. The zero-order valence-corrected chi connectivity index (χ0v) is 20.7. The minimum Gasteiger partial charge on any atom is -0.497 e. The van der Waals surface area contributed by atoms with Gasteiger partial charge in [-0.25, -0.2) is 0 Å². The highest BCUT2D eigenvalue weighted by molar-refractivity contribution is 6.32. The summed E-state index contributed by atoms with van der Waals surface area (Å²) in [4.78, 5) is 26.5. The molecule has 180 valence electrons. The maximum absolute atomic E-state index is 13.7. The number of rotatable bonds is 6. The summed E-state index contributed by atoms with van der Waals surface area (Å²) in [7, 11) is 1.58. The molecule has 0 aliphatic carbocycles. The Labute approximate surface area is 213 Å². The number of carbonyl (C=O) groups is 2. The molecule has 0 radical (unpaired) electrons. The summed E-state index contributed by atoms with van der Waals surface area (Å²) in [6.45, 7) is 2.02. The van der Waals surface area contributed by atoms with E-state index in [2.05, 4.69) is 0 Å². The monoisotopic (exact) mass is 497 g/mol. The molecule has 1 atom stereocenters. The zero-order valence-electron chi connectivity index (χ0n) is 19.9. The van der Waals surface area contributed by atoms with E-state index < -0.39 is 5.92 Å². The van der Waals surface area contributed by atoms with Crippen LogP contribution in [0.5, 0.6) is 5.75 Å². The number of hydrogen-bond acceptors (Lipinski definition) is 4. The van der Waals surface area contributed by atoms with Crippen molar-refractivity contribution < 1.29 is 19.1 Å². The number of ether oxygens (including phenoxy) is 2. The van der Waals surface area contributed by atoms with Crippen molar-refractivity contribution >= 4 is 45.3 Å². The third-order valence-electron chi connectivity index (χ3n) is 6.37. The molecular weight excluding hydrogens is 474 g/mol. The molecule has 0 saturated carbocycles. The second-order valence-electron chi connectivity index (χ2n) is 8.62. The van der Waals surface area contributed by atoms with Crippen LogP contribution in [0.25, 0.3) is 21.8 Å². The minimum absolute atomic E-state index is 0.184. The average Bonchev–Trinajstić information content (AvgIpc) is 3.24. The summed E-state index contributed by atoms with van der Waals surface area (Å²) in [5, 5.41) is 2.33. The smallest absolute Gasteiger partial charge is 0.313 e. The normalized spacial score (nSPS) is 12.0.